The molecule has 1 atom stereocenters. The lowest BCUT2D eigenvalue weighted by Crippen LogP contribution is -2.41. The van der Waals surface area contributed by atoms with Crippen LogP contribution in [0.4, 0.5) is 0 Å². The van der Waals surface area contributed by atoms with Crippen molar-refractivity contribution in [1.82, 2.24) is 5.32 Å². The highest BCUT2D eigenvalue weighted by Crippen LogP contribution is 2.18. The molecule has 13 heavy (non-hydrogen) atoms. The molecule has 78 valence electrons. The van der Waals surface area contributed by atoms with E-state index < -0.39 is 0 Å². The van der Waals surface area contributed by atoms with E-state index in [1.165, 1.54) is 38.5 Å². The Bertz CT molecular complexity index is 119. The quantitative estimate of drug-likeness (QED) is 0.710. The average Bonchev–Trinajstić information content (AvgIpc) is 2.19. The van der Waals surface area contributed by atoms with Gasteiger partial charge in [0.25, 0.3) is 0 Å². The fourth-order valence-electron chi connectivity index (χ4n) is 2.09. The predicted molar refractivity (Wildman–Crippen MR) is 56.0 cm³/mol. The summed E-state index contributed by atoms with van der Waals surface area (Å²) in [6.45, 7) is 3.08. The lowest BCUT2D eigenvalue weighted by molar-refractivity contribution is 0.153. The first kappa shape index (κ1) is 11.0. The van der Waals surface area contributed by atoms with Gasteiger partial charge in [0.2, 0.25) is 0 Å². The van der Waals surface area contributed by atoms with Gasteiger partial charge in [-0.3, -0.25) is 0 Å². The van der Waals surface area contributed by atoms with E-state index in [4.69, 9.17) is 4.74 Å². The van der Waals surface area contributed by atoms with Crippen LogP contribution in [0.25, 0.3) is 0 Å². The van der Waals surface area contributed by atoms with Gasteiger partial charge >= 0.3 is 0 Å². The van der Waals surface area contributed by atoms with Crippen LogP contribution in [-0.4, -0.2) is 25.8 Å². The molecule has 1 aliphatic rings. The fourth-order valence-corrected chi connectivity index (χ4v) is 2.09. The average molecular weight is 185 g/mol. The zero-order valence-corrected chi connectivity index (χ0v) is 9.01. The van der Waals surface area contributed by atoms with Crippen LogP contribution in [0.5, 0.6) is 0 Å². The molecule has 0 bridgehead atoms. The van der Waals surface area contributed by atoms with Crippen LogP contribution >= 0.6 is 0 Å². The maximum atomic E-state index is 5.17. The summed E-state index contributed by atoms with van der Waals surface area (Å²) in [6, 6.07) is 1.32. The van der Waals surface area contributed by atoms with E-state index in [9.17, 15) is 0 Å². The molecule has 1 fully saturated rings. The monoisotopic (exact) mass is 185 g/mol. The normalized spacial score (nSPS) is 21.7. The van der Waals surface area contributed by atoms with Crippen molar-refractivity contribution >= 4 is 0 Å². The Morgan fingerprint density at radius 2 is 2.00 bits per heavy atom. The van der Waals surface area contributed by atoms with Gasteiger partial charge in [-0.1, -0.05) is 26.2 Å². The van der Waals surface area contributed by atoms with Gasteiger partial charge < -0.3 is 10.1 Å². The van der Waals surface area contributed by atoms with E-state index in [-0.39, 0.29) is 0 Å². The zero-order chi connectivity index (χ0) is 9.52. The lowest BCUT2D eigenvalue weighted by Gasteiger charge is -2.27. The third kappa shape index (κ3) is 4.10. The molecule has 0 radical (unpaired) electrons. The van der Waals surface area contributed by atoms with E-state index in [1.54, 1.807) is 7.11 Å². The van der Waals surface area contributed by atoms with Crippen molar-refractivity contribution in [2.45, 2.75) is 57.5 Å². The van der Waals surface area contributed by atoms with Crippen molar-refractivity contribution < 1.29 is 4.74 Å². The van der Waals surface area contributed by atoms with Gasteiger partial charge in [0, 0.05) is 19.2 Å². The molecule has 0 heterocycles. The molecule has 1 aliphatic carbocycles. The Labute approximate surface area is 82.0 Å². The molecule has 1 rings (SSSR count). The van der Waals surface area contributed by atoms with Gasteiger partial charge in [-0.25, -0.2) is 0 Å². The zero-order valence-electron chi connectivity index (χ0n) is 9.01. The fraction of sp³-hybridized carbons (Fsp3) is 1.00. The minimum atomic E-state index is 0.563. The second-order valence-corrected chi connectivity index (χ2v) is 4.06. The van der Waals surface area contributed by atoms with Crippen molar-refractivity contribution in [3.05, 3.63) is 0 Å². The molecule has 0 aromatic carbocycles. The molecule has 0 aromatic heterocycles. The predicted octanol–water partition coefficient (Wildman–Crippen LogP) is 2.33. The second kappa shape index (κ2) is 6.39. The lowest BCUT2D eigenvalue weighted by atomic mass is 9.95. The Balaban J connectivity index is 2.18. The summed E-state index contributed by atoms with van der Waals surface area (Å²) in [4.78, 5) is 0. The number of hydrogen-bond acceptors (Lipinski definition) is 2. The topological polar surface area (TPSA) is 21.3 Å². The van der Waals surface area contributed by atoms with Crippen molar-refractivity contribution in [3.63, 3.8) is 0 Å². The molecule has 0 amide bonds. The van der Waals surface area contributed by atoms with E-state index >= 15 is 0 Å². The second-order valence-electron chi connectivity index (χ2n) is 4.06. The highest BCUT2D eigenvalue weighted by molar-refractivity contribution is 4.76. The van der Waals surface area contributed by atoms with Crippen molar-refractivity contribution in [2.75, 3.05) is 13.7 Å². The maximum Gasteiger partial charge on any atom is 0.0615 e. The number of rotatable bonds is 5. The highest BCUT2D eigenvalue weighted by Gasteiger charge is 2.16. The molecular weight excluding hydrogens is 162 g/mol. The van der Waals surface area contributed by atoms with Gasteiger partial charge in [0.05, 0.1) is 6.61 Å². The molecule has 0 unspecified atom stereocenters. The largest absolute Gasteiger partial charge is 0.383 e. The standard InChI is InChI=1S/C11H23NO/c1-3-10(9-13-2)12-11-7-5-4-6-8-11/h10-12H,3-9H2,1-2H3/t10-/m0/s1. The number of nitrogens with one attached hydrogen (secondary N) is 1. The summed E-state index contributed by atoms with van der Waals surface area (Å²) in [5.41, 5.74) is 0. The highest BCUT2D eigenvalue weighted by atomic mass is 16.5. The van der Waals surface area contributed by atoms with Crippen LogP contribution in [0.3, 0.4) is 0 Å². The number of ether oxygens (including phenoxy) is 1. The van der Waals surface area contributed by atoms with Crippen LogP contribution in [0, 0.1) is 0 Å². The Kier molecular flexibility index (Phi) is 5.40. The maximum absolute atomic E-state index is 5.17. The van der Waals surface area contributed by atoms with Crippen LogP contribution in [0.1, 0.15) is 45.4 Å². The number of hydrogen-bond donors (Lipinski definition) is 1. The van der Waals surface area contributed by atoms with Gasteiger partial charge in [-0.05, 0) is 19.3 Å². The van der Waals surface area contributed by atoms with Crippen molar-refractivity contribution in [1.29, 1.82) is 0 Å². The molecule has 1 saturated carbocycles. The summed E-state index contributed by atoms with van der Waals surface area (Å²) < 4.78 is 5.17. The SMILES string of the molecule is CC[C@@H](COC)NC1CCCCC1. The van der Waals surface area contributed by atoms with Gasteiger partial charge in [-0.2, -0.15) is 0 Å². The van der Waals surface area contributed by atoms with Crippen LogP contribution in [0.2, 0.25) is 0 Å². The van der Waals surface area contributed by atoms with Crippen LogP contribution < -0.4 is 5.32 Å². The molecule has 0 spiro atoms. The summed E-state index contributed by atoms with van der Waals surface area (Å²) in [6.07, 6.45) is 8.13. The van der Waals surface area contributed by atoms with E-state index in [0.717, 1.165) is 12.6 Å². The summed E-state index contributed by atoms with van der Waals surface area (Å²) in [5, 5.41) is 3.68. The molecular formula is C11H23NO. The molecule has 0 aromatic rings. The molecule has 0 aliphatic heterocycles. The van der Waals surface area contributed by atoms with E-state index in [1.807, 2.05) is 0 Å². The molecule has 2 heteroatoms. The van der Waals surface area contributed by atoms with Crippen molar-refractivity contribution in [3.8, 4) is 0 Å². The Morgan fingerprint density at radius 1 is 1.31 bits per heavy atom. The minimum Gasteiger partial charge on any atom is -0.383 e. The third-order valence-electron chi connectivity index (χ3n) is 2.94. The summed E-state index contributed by atoms with van der Waals surface area (Å²) in [5.74, 6) is 0. The van der Waals surface area contributed by atoms with Gasteiger partial charge in [0.1, 0.15) is 0 Å². The Hall–Kier alpha value is -0.0800. The molecule has 1 N–H and O–H groups in total. The molecule has 2 nitrogen and oxygen atoms in total. The first-order valence-electron chi connectivity index (χ1n) is 5.61. The van der Waals surface area contributed by atoms with Gasteiger partial charge in [0.15, 0.2) is 0 Å². The first-order chi connectivity index (χ1) is 6.36. The summed E-state index contributed by atoms with van der Waals surface area (Å²) in [7, 11) is 1.78. The van der Waals surface area contributed by atoms with Crippen molar-refractivity contribution in [2.24, 2.45) is 0 Å². The number of methoxy groups -OCH3 is 1. The van der Waals surface area contributed by atoms with Crippen LogP contribution in [-0.2, 0) is 4.74 Å². The minimum absolute atomic E-state index is 0.563. The van der Waals surface area contributed by atoms with E-state index in [2.05, 4.69) is 12.2 Å². The van der Waals surface area contributed by atoms with E-state index in [0.29, 0.717) is 6.04 Å². The molecule has 0 saturated heterocycles. The smallest absolute Gasteiger partial charge is 0.0615 e. The third-order valence-corrected chi connectivity index (χ3v) is 2.94. The van der Waals surface area contributed by atoms with Crippen LogP contribution in [0.15, 0.2) is 0 Å². The summed E-state index contributed by atoms with van der Waals surface area (Å²) >= 11 is 0. The first-order valence-corrected chi connectivity index (χ1v) is 5.61. The Morgan fingerprint density at radius 3 is 2.54 bits per heavy atom. The van der Waals surface area contributed by atoms with Gasteiger partial charge in [-0.15, -0.1) is 0 Å².